The molecule has 1 aliphatic carbocycles. The van der Waals surface area contributed by atoms with Gasteiger partial charge in [-0.25, -0.2) is 0 Å². The standard InChI is InChI=1S/C10H18O3/c1-2-13-9(12)8-10(6-7-11)4-3-5-10/h11H,2-8H2,1H3. The van der Waals surface area contributed by atoms with Crippen LogP contribution in [0.4, 0.5) is 0 Å². The molecule has 0 saturated heterocycles. The van der Waals surface area contributed by atoms with Gasteiger partial charge in [-0.1, -0.05) is 6.42 Å². The molecule has 1 fully saturated rings. The molecule has 0 amide bonds. The van der Waals surface area contributed by atoms with Gasteiger partial charge in [0.15, 0.2) is 0 Å². The predicted octanol–water partition coefficient (Wildman–Crippen LogP) is 1.49. The van der Waals surface area contributed by atoms with Crippen LogP contribution in [0.3, 0.4) is 0 Å². The number of aliphatic hydroxyl groups is 1. The number of rotatable bonds is 5. The zero-order valence-corrected chi connectivity index (χ0v) is 8.21. The number of hydrogen-bond acceptors (Lipinski definition) is 3. The molecule has 3 nitrogen and oxygen atoms in total. The Balaban J connectivity index is 2.34. The Labute approximate surface area is 79.1 Å². The second-order valence-corrected chi connectivity index (χ2v) is 3.81. The van der Waals surface area contributed by atoms with Gasteiger partial charge in [0.25, 0.3) is 0 Å². The van der Waals surface area contributed by atoms with Crippen LogP contribution in [0.25, 0.3) is 0 Å². The number of hydrogen-bond donors (Lipinski definition) is 1. The van der Waals surface area contributed by atoms with Gasteiger partial charge in [0.1, 0.15) is 0 Å². The fraction of sp³-hybridized carbons (Fsp3) is 0.900. The van der Waals surface area contributed by atoms with Crippen molar-refractivity contribution >= 4 is 5.97 Å². The lowest BCUT2D eigenvalue weighted by atomic mass is 9.65. The van der Waals surface area contributed by atoms with Crippen LogP contribution in [0.1, 0.15) is 39.0 Å². The Morgan fingerprint density at radius 2 is 2.23 bits per heavy atom. The molecule has 0 radical (unpaired) electrons. The van der Waals surface area contributed by atoms with Crippen molar-refractivity contribution in [1.29, 1.82) is 0 Å². The molecule has 0 heterocycles. The van der Waals surface area contributed by atoms with Crippen molar-refractivity contribution < 1.29 is 14.6 Å². The number of ether oxygens (including phenoxy) is 1. The molecule has 76 valence electrons. The predicted molar refractivity (Wildman–Crippen MR) is 49.2 cm³/mol. The lowest BCUT2D eigenvalue weighted by Crippen LogP contribution is -2.33. The Kier molecular flexibility index (Phi) is 3.72. The third kappa shape index (κ3) is 2.69. The summed E-state index contributed by atoms with van der Waals surface area (Å²) in [6, 6.07) is 0. The summed E-state index contributed by atoms with van der Waals surface area (Å²) in [5.74, 6) is -0.115. The fourth-order valence-electron chi connectivity index (χ4n) is 1.95. The second-order valence-electron chi connectivity index (χ2n) is 3.81. The highest BCUT2D eigenvalue weighted by atomic mass is 16.5. The number of aliphatic hydroxyl groups excluding tert-OH is 1. The first-order valence-corrected chi connectivity index (χ1v) is 4.99. The van der Waals surface area contributed by atoms with E-state index < -0.39 is 0 Å². The van der Waals surface area contributed by atoms with E-state index >= 15 is 0 Å². The quantitative estimate of drug-likeness (QED) is 0.662. The highest BCUT2D eigenvalue weighted by Crippen LogP contribution is 2.46. The van der Waals surface area contributed by atoms with Gasteiger partial charge >= 0.3 is 5.97 Å². The topological polar surface area (TPSA) is 46.5 Å². The highest BCUT2D eigenvalue weighted by molar-refractivity contribution is 5.70. The molecule has 0 atom stereocenters. The molecule has 13 heavy (non-hydrogen) atoms. The fourth-order valence-corrected chi connectivity index (χ4v) is 1.95. The third-order valence-corrected chi connectivity index (χ3v) is 2.88. The highest BCUT2D eigenvalue weighted by Gasteiger charge is 2.38. The maximum Gasteiger partial charge on any atom is 0.306 e. The van der Waals surface area contributed by atoms with Crippen LogP contribution in [-0.4, -0.2) is 24.3 Å². The molecule has 0 spiro atoms. The summed E-state index contributed by atoms with van der Waals surface area (Å²) in [5, 5.41) is 8.86. The minimum atomic E-state index is -0.115. The van der Waals surface area contributed by atoms with Crippen molar-refractivity contribution in [3.8, 4) is 0 Å². The van der Waals surface area contributed by atoms with Crippen LogP contribution in [0.2, 0.25) is 0 Å². The van der Waals surface area contributed by atoms with E-state index in [4.69, 9.17) is 9.84 Å². The van der Waals surface area contributed by atoms with Crippen LogP contribution in [-0.2, 0) is 9.53 Å². The van der Waals surface area contributed by atoms with Crippen molar-refractivity contribution in [3.63, 3.8) is 0 Å². The van der Waals surface area contributed by atoms with E-state index in [0.29, 0.717) is 13.0 Å². The molecule has 1 rings (SSSR count). The first kappa shape index (κ1) is 10.5. The van der Waals surface area contributed by atoms with Crippen LogP contribution < -0.4 is 0 Å². The molecule has 0 unspecified atom stereocenters. The van der Waals surface area contributed by atoms with Crippen LogP contribution in [0, 0.1) is 5.41 Å². The van der Waals surface area contributed by atoms with Gasteiger partial charge in [-0.15, -0.1) is 0 Å². The Morgan fingerprint density at radius 3 is 2.62 bits per heavy atom. The van der Waals surface area contributed by atoms with Crippen molar-refractivity contribution in [1.82, 2.24) is 0 Å². The zero-order chi connectivity index (χ0) is 9.73. The van der Waals surface area contributed by atoms with Crippen molar-refractivity contribution in [2.75, 3.05) is 13.2 Å². The van der Waals surface area contributed by atoms with Gasteiger partial charge in [-0.05, 0) is 31.6 Å². The van der Waals surface area contributed by atoms with Gasteiger partial charge in [0, 0.05) is 6.61 Å². The summed E-state index contributed by atoms with van der Waals surface area (Å²) in [6.45, 7) is 2.45. The van der Waals surface area contributed by atoms with Crippen molar-refractivity contribution in [2.45, 2.75) is 39.0 Å². The van der Waals surface area contributed by atoms with Gasteiger partial charge in [0.05, 0.1) is 13.0 Å². The van der Waals surface area contributed by atoms with Gasteiger partial charge in [-0.3, -0.25) is 4.79 Å². The minimum absolute atomic E-state index is 0.0704. The summed E-state index contributed by atoms with van der Waals surface area (Å²) in [5.41, 5.74) is 0.0704. The SMILES string of the molecule is CCOC(=O)CC1(CCO)CCC1. The Morgan fingerprint density at radius 1 is 1.54 bits per heavy atom. The van der Waals surface area contributed by atoms with Crippen molar-refractivity contribution in [2.24, 2.45) is 5.41 Å². The lowest BCUT2D eigenvalue weighted by molar-refractivity contribution is -0.148. The smallest absolute Gasteiger partial charge is 0.306 e. The molecule has 1 saturated carbocycles. The Bertz CT molecular complexity index is 173. The number of esters is 1. The molecule has 3 heteroatoms. The van der Waals surface area contributed by atoms with Gasteiger partial charge < -0.3 is 9.84 Å². The van der Waals surface area contributed by atoms with Gasteiger partial charge in [-0.2, -0.15) is 0 Å². The molecule has 0 aliphatic heterocycles. The minimum Gasteiger partial charge on any atom is -0.466 e. The lowest BCUT2D eigenvalue weighted by Gasteiger charge is -2.40. The number of carbonyl (C=O) groups excluding carboxylic acids is 1. The summed E-state index contributed by atoms with van der Waals surface area (Å²) in [7, 11) is 0. The summed E-state index contributed by atoms with van der Waals surface area (Å²) in [4.78, 5) is 11.2. The van der Waals surface area contributed by atoms with Crippen LogP contribution in [0.5, 0.6) is 0 Å². The zero-order valence-electron chi connectivity index (χ0n) is 8.21. The molecule has 0 aromatic carbocycles. The molecule has 0 bridgehead atoms. The van der Waals surface area contributed by atoms with E-state index in [0.717, 1.165) is 19.3 Å². The molecule has 1 N–H and O–H groups in total. The van der Waals surface area contributed by atoms with E-state index in [1.54, 1.807) is 0 Å². The van der Waals surface area contributed by atoms with Crippen LogP contribution >= 0.6 is 0 Å². The maximum absolute atomic E-state index is 11.2. The normalized spacial score (nSPS) is 19.2. The second kappa shape index (κ2) is 4.61. The summed E-state index contributed by atoms with van der Waals surface area (Å²) in [6.07, 6.45) is 4.53. The third-order valence-electron chi connectivity index (χ3n) is 2.88. The van der Waals surface area contributed by atoms with E-state index in [9.17, 15) is 4.79 Å². The maximum atomic E-state index is 11.2. The molecule has 1 aliphatic rings. The first-order chi connectivity index (χ1) is 6.22. The summed E-state index contributed by atoms with van der Waals surface area (Å²) >= 11 is 0. The average molecular weight is 186 g/mol. The van der Waals surface area contributed by atoms with E-state index in [2.05, 4.69) is 0 Å². The monoisotopic (exact) mass is 186 g/mol. The molecular formula is C10H18O3. The van der Waals surface area contributed by atoms with E-state index in [1.165, 1.54) is 6.42 Å². The molecule has 0 aromatic heterocycles. The summed E-state index contributed by atoms with van der Waals surface area (Å²) < 4.78 is 4.90. The van der Waals surface area contributed by atoms with E-state index in [-0.39, 0.29) is 18.0 Å². The van der Waals surface area contributed by atoms with Gasteiger partial charge in [0.2, 0.25) is 0 Å². The molecular weight excluding hydrogens is 168 g/mol. The Hall–Kier alpha value is -0.570. The average Bonchev–Trinajstić information content (AvgIpc) is 2.01. The largest absolute Gasteiger partial charge is 0.466 e. The number of carbonyl (C=O) groups is 1. The van der Waals surface area contributed by atoms with E-state index in [1.807, 2.05) is 6.92 Å². The van der Waals surface area contributed by atoms with Crippen molar-refractivity contribution in [3.05, 3.63) is 0 Å². The van der Waals surface area contributed by atoms with Crippen LogP contribution in [0.15, 0.2) is 0 Å². The first-order valence-electron chi connectivity index (χ1n) is 4.99. The molecule has 0 aromatic rings.